The van der Waals surface area contributed by atoms with Gasteiger partial charge in [-0.1, -0.05) is 64.7 Å². The molecule has 0 radical (unpaired) electrons. The predicted molar refractivity (Wildman–Crippen MR) is 93.3 cm³/mol. The maximum atomic E-state index is 5.15. The van der Waals surface area contributed by atoms with Gasteiger partial charge in [0.05, 0.1) is 7.11 Å². The van der Waals surface area contributed by atoms with Crippen molar-refractivity contribution < 1.29 is 4.74 Å². The average Bonchev–Trinajstić information content (AvgIpc) is 2.53. The molecule has 0 atom stereocenters. The standard InChI is InChI=1S/C19H33NO/c1-3-4-5-6-7-8-9-10-11-12-17-20-18-13-15-19(21-2)16-14-18/h13-16,20H,3-12,17H2,1-2H3. The summed E-state index contributed by atoms with van der Waals surface area (Å²) in [4.78, 5) is 0. The van der Waals surface area contributed by atoms with Gasteiger partial charge in [-0.05, 0) is 30.7 Å². The number of rotatable bonds is 13. The molecule has 0 aliphatic carbocycles. The van der Waals surface area contributed by atoms with Crippen LogP contribution in [0.3, 0.4) is 0 Å². The van der Waals surface area contributed by atoms with Gasteiger partial charge < -0.3 is 10.1 Å². The van der Waals surface area contributed by atoms with Crippen LogP contribution in [0.15, 0.2) is 24.3 Å². The summed E-state index contributed by atoms with van der Waals surface area (Å²) >= 11 is 0. The van der Waals surface area contributed by atoms with Crippen LogP contribution in [0.4, 0.5) is 5.69 Å². The molecule has 0 aliphatic heterocycles. The van der Waals surface area contributed by atoms with Crippen LogP contribution in [0.5, 0.6) is 5.75 Å². The Kier molecular flexibility index (Phi) is 10.7. The fourth-order valence-corrected chi connectivity index (χ4v) is 2.55. The van der Waals surface area contributed by atoms with E-state index in [1.807, 2.05) is 12.1 Å². The number of unbranched alkanes of at least 4 members (excludes halogenated alkanes) is 9. The highest BCUT2D eigenvalue weighted by molar-refractivity contribution is 5.46. The molecule has 0 spiro atoms. The number of anilines is 1. The maximum Gasteiger partial charge on any atom is 0.119 e. The first-order chi connectivity index (χ1) is 10.4. The Morgan fingerprint density at radius 2 is 1.29 bits per heavy atom. The summed E-state index contributed by atoms with van der Waals surface area (Å²) in [6.07, 6.45) is 13.9. The van der Waals surface area contributed by atoms with E-state index in [0.29, 0.717) is 0 Å². The minimum absolute atomic E-state index is 0.916. The molecule has 2 heteroatoms. The van der Waals surface area contributed by atoms with Crippen molar-refractivity contribution in [1.29, 1.82) is 0 Å². The third kappa shape index (κ3) is 9.38. The zero-order valence-corrected chi connectivity index (χ0v) is 14.0. The van der Waals surface area contributed by atoms with Crippen molar-refractivity contribution in [2.45, 2.75) is 71.1 Å². The lowest BCUT2D eigenvalue weighted by molar-refractivity contribution is 0.415. The fraction of sp³-hybridized carbons (Fsp3) is 0.684. The number of nitrogens with one attached hydrogen (secondary N) is 1. The molecule has 120 valence electrons. The van der Waals surface area contributed by atoms with Crippen molar-refractivity contribution in [3.8, 4) is 5.75 Å². The van der Waals surface area contributed by atoms with E-state index in [2.05, 4.69) is 24.4 Å². The number of methoxy groups -OCH3 is 1. The van der Waals surface area contributed by atoms with Crippen LogP contribution < -0.4 is 10.1 Å². The third-order valence-electron chi connectivity index (χ3n) is 3.95. The second-order valence-corrected chi connectivity index (χ2v) is 5.84. The minimum Gasteiger partial charge on any atom is -0.497 e. The van der Waals surface area contributed by atoms with Gasteiger partial charge in [-0.25, -0.2) is 0 Å². The van der Waals surface area contributed by atoms with Gasteiger partial charge >= 0.3 is 0 Å². The highest BCUT2D eigenvalue weighted by atomic mass is 16.5. The normalized spacial score (nSPS) is 10.6. The molecule has 1 N–H and O–H groups in total. The van der Waals surface area contributed by atoms with Crippen LogP contribution in [0.2, 0.25) is 0 Å². The van der Waals surface area contributed by atoms with E-state index in [0.717, 1.165) is 12.3 Å². The molecule has 0 saturated heterocycles. The Bertz CT molecular complexity index is 334. The van der Waals surface area contributed by atoms with E-state index in [4.69, 9.17) is 4.74 Å². The number of ether oxygens (including phenoxy) is 1. The van der Waals surface area contributed by atoms with Crippen LogP contribution in [-0.2, 0) is 0 Å². The fourth-order valence-electron chi connectivity index (χ4n) is 2.55. The van der Waals surface area contributed by atoms with Crippen molar-refractivity contribution >= 4 is 5.69 Å². The van der Waals surface area contributed by atoms with Crippen LogP contribution in [0.1, 0.15) is 71.1 Å². The molecular weight excluding hydrogens is 258 g/mol. The van der Waals surface area contributed by atoms with Gasteiger partial charge in [0.25, 0.3) is 0 Å². The Labute approximate surface area is 131 Å². The molecule has 1 rings (SSSR count). The molecule has 0 heterocycles. The van der Waals surface area contributed by atoms with Gasteiger partial charge in [0.15, 0.2) is 0 Å². The van der Waals surface area contributed by atoms with Gasteiger partial charge in [0, 0.05) is 12.2 Å². The average molecular weight is 291 g/mol. The summed E-state index contributed by atoms with van der Waals surface area (Å²) in [6.45, 7) is 3.35. The van der Waals surface area contributed by atoms with Crippen molar-refractivity contribution in [3.05, 3.63) is 24.3 Å². The van der Waals surface area contributed by atoms with Crippen molar-refractivity contribution in [1.82, 2.24) is 0 Å². The van der Waals surface area contributed by atoms with Crippen LogP contribution in [0, 0.1) is 0 Å². The predicted octanol–water partition coefficient (Wildman–Crippen LogP) is 6.03. The molecule has 1 aromatic rings. The van der Waals surface area contributed by atoms with Gasteiger partial charge in [0.1, 0.15) is 5.75 Å². The molecule has 0 saturated carbocycles. The summed E-state index contributed by atoms with van der Waals surface area (Å²) in [6, 6.07) is 8.16. The van der Waals surface area contributed by atoms with Gasteiger partial charge in [0.2, 0.25) is 0 Å². The summed E-state index contributed by atoms with van der Waals surface area (Å²) < 4.78 is 5.15. The number of benzene rings is 1. The smallest absolute Gasteiger partial charge is 0.119 e. The van der Waals surface area contributed by atoms with Crippen molar-refractivity contribution in [2.75, 3.05) is 19.0 Å². The van der Waals surface area contributed by atoms with Crippen molar-refractivity contribution in [2.24, 2.45) is 0 Å². The summed E-state index contributed by atoms with van der Waals surface area (Å²) in [5, 5.41) is 3.47. The molecular formula is C19H33NO. The molecule has 0 aliphatic rings. The van der Waals surface area contributed by atoms with Gasteiger partial charge in [-0.2, -0.15) is 0 Å². The Morgan fingerprint density at radius 3 is 1.81 bits per heavy atom. The summed E-state index contributed by atoms with van der Waals surface area (Å²) in [5.74, 6) is 0.916. The lowest BCUT2D eigenvalue weighted by Gasteiger charge is -2.07. The molecule has 0 aromatic heterocycles. The van der Waals surface area contributed by atoms with E-state index in [9.17, 15) is 0 Å². The van der Waals surface area contributed by atoms with Crippen LogP contribution >= 0.6 is 0 Å². The minimum atomic E-state index is 0.916. The van der Waals surface area contributed by atoms with E-state index in [1.54, 1.807) is 7.11 Å². The SMILES string of the molecule is CCCCCCCCCCCCNc1ccc(OC)cc1. The number of hydrogen-bond donors (Lipinski definition) is 1. The summed E-state index contributed by atoms with van der Waals surface area (Å²) in [5.41, 5.74) is 1.19. The van der Waals surface area contributed by atoms with E-state index < -0.39 is 0 Å². The van der Waals surface area contributed by atoms with Crippen LogP contribution in [0.25, 0.3) is 0 Å². The molecule has 0 fully saturated rings. The second-order valence-electron chi connectivity index (χ2n) is 5.84. The zero-order valence-electron chi connectivity index (χ0n) is 14.0. The largest absolute Gasteiger partial charge is 0.497 e. The second kappa shape index (κ2) is 12.6. The van der Waals surface area contributed by atoms with Crippen LogP contribution in [-0.4, -0.2) is 13.7 Å². The van der Waals surface area contributed by atoms with Gasteiger partial charge in [-0.3, -0.25) is 0 Å². The first-order valence-corrected chi connectivity index (χ1v) is 8.74. The molecule has 0 unspecified atom stereocenters. The number of hydrogen-bond acceptors (Lipinski definition) is 2. The molecule has 1 aromatic carbocycles. The van der Waals surface area contributed by atoms with Gasteiger partial charge in [-0.15, -0.1) is 0 Å². The van der Waals surface area contributed by atoms with E-state index in [-0.39, 0.29) is 0 Å². The third-order valence-corrected chi connectivity index (χ3v) is 3.95. The highest BCUT2D eigenvalue weighted by Crippen LogP contribution is 2.15. The quantitative estimate of drug-likeness (QED) is 0.448. The maximum absolute atomic E-state index is 5.15. The van der Waals surface area contributed by atoms with E-state index >= 15 is 0 Å². The topological polar surface area (TPSA) is 21.3 Å². The van der Waals surface area contributed by atoms with Crippen molar-refractivity contribution in [3.63, 3.8) is 0 Å². The Morgan fingerprint density at radius 1 is 0.762 bits per heavy atom. The molecule has 0 amide bonds. The first-order valence-electron chi connectivity index (χ1n) is 8.74. The Balaban J connectivity index is 1.88. The molecule has 0 bridgehead atoms. The molecule has 2 nitrogen and oxygen atoms in total. The Hall–Kier alpha value is -1.18. The molecule has 21 heavy (non-hydrogen) atoms. The highest BCUT2D eigenvalue weighted by Gasteiger charge is 1.95. The lowest BCUT2D eigenvalue weighted by Crippen LogP contribution is -2.01. The monoisotopic (exact) mass is 291 g/mol. The zero-order chi connectivity index (χ0) is 15.2. The lowest BCUT2D eigenvalue weighted by atomic mass is 10.1. The summed E-state index contributed by atoms with van der Waals surface area (Å²) in [7, 11) is 1.70. The first kappa shape index (κ1) is 17.9. The van der Waals surface area contributed by atoms with E-state index in [1.165, 1.54) is 69.9 Å².